The number of rotatable bonds is 4. The number of hydrogen-bond donors (Lipinski definition) is 1. The SMILES string of the molecule is CCOC(=O)COc1ccc2c(c1)OCC2O. The van der Waals surface area contributed by atoms with E-state index in [2.05, 4.69) is 0 Å². The summed E-state index contributed by atoms with van der Waals surface area (Å²) in [6.45, 7) is 2.20. The van der Waals surface area contributed by atoms with Gasteiger partial charge in [-0.2, -0.15) is 0 Å². The van der Waals surface area contributed by atoms with Crippen molar-refractivity contribution in [2.24, 2.45) is 0 Å². The summed E-state index contributed by atoms with van der Waals surface area (Å²) in [5.41, 5.74) is 0.744. The number of aliphatic hydroxyl groups is 1. The van der Waals surface area contributed by atoms with Gasteiger partial charge in [0.15, 0.2) is 6.61 Å². The van der Waals surface area contributed by atoms with Gasteiger partial charge in [0.2, 0.25) is 0 Å². The van der Waals surface area contributed by atoms with Crippen LogP contribution in [-0.4, -0.2) is 30.9 Å². The summed E-state index contributed by atoms with van der Waals surface area (Å²) in [4.78, 5) is 11.1. The number of aliphatic hydroxyl groups excluding tert-OH is 1. The summed E-state index contributed by atoms with van der Waals surface area (Å²) in [6.07, 6.45) is -0.580. The minimum absolute atomic E-state index is 0.130. The molecule has 1 unspecified atom stereocenters. The lowest BCUT2D eigenvalue weighted by Crippen LogP contribution is -2.14. The third-order valence-corrected chi connectivity index (χ3v) is 2.40. The standard InChI is InChI=1S/C12H14O5/c1-2-15-12(14)7-16-8-3-4-9-10(13)6-17-11(9)5-8/h3-5,10,13H,2,6-7H2,1H3. The zero-order chi connectivity index (χ0) is 12.3. The van der Waals surface area contributed by atoms with Gasteiger partial charge in [-0.05, 0) is 19.1 Å². The maximum absolute atomic E-state index is 11.1. The third kappa shape index (κ3) is 2.68. The van der Waals surface area contributed by atoms with Gasteiger partial charge in [0.05, 0.1) is 6.61 Å². The number of carbonyl (C=O) groups is 1. The number of benzene rings is 1. The fourth-order valence-corrected chi connectivity index (χ4v) is 1.61. The molecule has 0 aliphatic carbocycles. The first-order valence-electron chi connectivity index (χ1n) is 5.44. The molecule has 17 heavy (non-hydrogen) atoms. The molecule has 92 valence electrons. The van der Waals surface area contributed by atoms with Crippen molar-refractivity contribution in [2.45, 2.75) is 13.0 Å². The molecule has 1 aliphatic rings. The maximum Gasteiger partial charge on any atom is 0.344 e. The van der Waals surface area contributed by atoms with Crippen LogP contribution in [0, 0.1) is 0 Å². The van der Waals surface area contributed by atoms with E-state index in [0.29, 0.717) is 18.1 Å². The highest BCUT2D eigenvalue weighted by atomic mass is 16.6. The number of esters is 1. The molecule has 0 aromatic heterocycles. The van der Waals surface area contributed by atoms with E-state index in [-0.39, 0.29) is 13.2 Å². The van der Waals surface area contributed by atoms with Crippen LogP contribution in [0.15, 0.2) is 18.2 Å². The second-order valence-corrected chi connectivity index (χ2v) is 3.62. The predicted octanol–water partition coefficient (Wildman–Crippen LogP) is 1.05. The summed E-state index contributed by atoms with van der Waals surface area (Å²) >= 11 is 0. The van der Waals surface area contributed by atoms with E-state index < -0.39 is 12.1 Å². The molecule has 1 atom stereocenters. The fraction of sp³-hybridized carbons (Fsp3) is 0.417. The molecular formula is C12H14O5. The highest BCUT2D eigenvalue weighted by Gasteiger charge is 2.22. The summed E-state index contributed by atoms with van der Waals surface area (Å²) in [5, 5.41) is 9.52. The van der Waals surface area contributed by atoms with E-state index >= 15 is 0 Å². The summed E-state index contributed by atoms with van der Waals surface area (Å²) in [7, 11) is 0. The first kappa shape index (κ1) is 11.7. The van der Waals surface area contributed by atoms with Crippen molar-refractivity contribution >= 4 is 5.97 Å². The summed E-state index contributed by atoms with van der Waals surface area (Å²) in [5.74, 6) is 0.707. The molecule has 1 heterocycles. The smallest absolute Gasteiger partial charge is 0.344 e. The van der Waals surface area contributed by atoms with Crippen molar-refractivity contribution in [1.29, 1.82) is 0 Å². The molecule has 0 fully saturated rings. The highest BCUT2D eigenvalue weighted by molar-refractivity contribution is 5.71. The normalized spacial score (nSPS) is 17.2. The van der Waals surface area contributed by atoms with E-state index in [0.717, 1.165) is 5.56 Å². The molecule has 0 saturated heterocycles. The molecule has 1 N–H and O–H groups in total. The van der Waals surface area contributed by atoms with Crippen LogP contribution >= 0.6 is 0 Å². The Kier molecular flexibility index (Phi) is 3.49. The molecule has 2 rings (SSSR count). The number of ether oxygens (including phenoxy) is 3. The second-order valence-electron chi connectivity index (χ2n) is 3.62. The van der Waals surface area contributed by atoms with Crippen molar-refractivity contribution < 1.29 is 24.1 Å². The Morgan fingerprint density at radius 3 is 3.18 bits per heavy atom. The van der Waals surface area contributed by atoms with Gasteiger partial charge >= 0.3 is 5.97 Å². The van der Waals surface area contributed by atoms with E-state index in [1.54, 1.807) is 25.1 Å². The monoisotopic (exact) mass is 238 g/mol. The van der Waals surface area contributed by atoms with Crippen LogP contribution < -0.4 is 9.47 Å². The average Bonchev–Trinajstić information content (AvgIpc) is 2.69. The Bertz CT molecular complexity index is 415. The molecule has 0 bridgehead atoms. The number of hydrogen-bond acceptors (Lipinski definition) is 5. The van der Waals surface area contributed by atoms with Crippen LogP contribution in [0.4, 0.5) is 0 Å². The molecule has 1 aromatic rings. The van der Waals surface area contributed by atoms with Gasteiger partial charge in [-0.3, -0.25) is 0 Å². The first-order valence-corrected chi connectivity index (χ1v) is 5.44. The van der Waals surface area contributed by atoms with Crippen molar-refractivity contribution in [3.05, 3.63) is 23.8 Å². The first-order chi connectivity index (χ1) is 8.20. The summed E-state index contributed by atoms with van der Waals surface area (Å²) < 4.78 is 15.2. The van der Waals surface area contributed by atoms with Gasteiger partial charge in [-0.15, -0.1) is 0 Å². The zero-order valence-electron chi connectivity index (χ0n) is 9.51. The lowest BCUT2D eigenvalue weighted by molar-refractivity contribution is -0.145. The molecule has 5 heteroatoms. The van der Waals surface area contributed by atoms with Crippen LogP contribution in [0.1, 0.15) is 18.6 Å². The van der Waals surface area contributed by atoms with Crippen LogP contribution in [0.5, 0.6) is 11.5 Å². The molecule has 0 amide bonds. The maximum atomic E-state index is 11.1. The Balaban J connectivity index is 1.97. The molecule has 5 nitrogen and oxygen atoms in total. The number of carbonyl (C=O) groups excluding carboxylic acids is 1. The van der Waals surface area contributed by atoms with Crippen molar-refractivity contribution in [1.82, 2.24) is 0 Å². The minimum atomic E-state index is -0.580. The Morgan fingerprint density at radius 1 is 1.59 bits per heavy atom. The Morgan fingerprint density at radius 2 is 2.41 bits per heavy atom. The van der Waals surface area contributed by atoms with E-state index in [1.807, 2.05) is 0 Å². The van der Waals surface area contributed by atoms with Crippen LogP contribution in [0.25, 0.3) is 0 Å². The second kappa shape index (κ2) is 5.05. The van der Waals surface area contributed by atoms with Gasteiger partial charge in [0, 0.05) is 11.6 Å². The fourth-order valence-electron chi connectivity index (χ4n) is 1.61. The molecule has 1 aliphatic heterocycles. The lowest BCUT2D eigenvalue weighted by atomic mass is 10.1. The zero-order valence-corrected chi connectivity index (χ0v) is 9.51. The minimum Gasteiger partial charge on any atom is -0.490 e. The van der Waals surface area contributed by atoms with Gasteiger partial charge in [0.1, 0.15) is 24.2 Å². The third-order valence-electron chi connectivity index (χ3n) is 2.40. The van der Waals surface area contributed by atoms with E-state index in [9.17, 15) is 9.90 Å². The molecule has 0 radical (unpaired) electrons. The molecule has 0 saturated carbocycles. The van der Waals surface area contributed by atoms with Gasteiger partial charge in [-0.1, -0.05) is 0 Å². The van der Waals surface area contributed by atoms with Gasteiger partial charge in [-0.25, -0.2) is 4.79 Å². The van der Waals surface area contributed by atoms with Crippen molar-refractivity contribution in [3.8, 4) is 11.5 Å². The molecule has 1 aromatic carbocycles. The Hall–Kier alpha value is -1.75. The van der Waals surface area contributed by atoms with Crippen LogP contribution in [0.3, 0.4) is 0 Å². The molecule has 0 spiro atoms. The Labute approximate surface area is 98.9 Å². The van der Waals surface area contributed by atoms with Crippen molar-refractivity contribution in [2.75, 3.05) is 19.8 Å². The lowest BCUT2D eigenvalue weighted by Gasteiger charge is -2.07. The largest absolute Gasteiger partial charge is 0.490 e. The van der Waals surface area contributed by atoms with Crippen molar-refractivity contribution in [3.63, 3.8) is 0 Å². The summed E-state index contributed by atoms with van der Waals surface area (Å²) in [6, 6.07) is 5.08. The van der Waals surface area contributed by atoms with Crippen LogP contribution in [0.2, 0.25) is 0 Å². The molecular weight excluding hydrogens is 224 g/mol. The van der Waals surface area contributed by atoms with Gasteiger partial charge < -0.3 is 19.3 Å². The predicted molar refractivity (Wildman–Crippen MR) is 59.0 cm³/mol. The topological polar surface area (TPSA) is 65.0 Å². The quantitative estimate of drug-likeness (QED) is 0.794. The average molecular weight is 238 g/mol. The number of fused-ring (bicyclic) bond motifs is 1. The highest BCUT2D eigenvalue weighted by Crippen LogP contribution is 2.34. The van der Waals surface area contributed by atoms with E-state index in [1.165, 1.54) is 0 Å². The van der Waals surface area contributed by atoms with Gasteiger partial charge in [0.25, 0.3) is 0 Å². The van der Waals surface area contributed by atoms with E-state index in [4.69, 9.17) is 14.2 Å². The van der Waals surface area contributed by atoms with Crippen LogP contribution in [-0.2, 0) is 9.53 Å².